The van der Waals surface area contributed by atoms with E-state index in [-0.39, 0.29) is 29.9 Å². The van der Waals surface area contributed by atoms with Crippen LogP contribution in [0.2, 0.25) is 0 Å². The van der Waals surface area contributed by atoms with E-state index >= 15 is 0 Å². The van der Waals surface area contributed by atoms with Crippen LogP contribution in [0.3, 0.4) is 0 Å². The Kier molecular flexibility index (Phi) is 7.79. The molecule has 3 aromatic rings. The number of rotatable bonds is 9. The standard InChI is InChI=1S/C24H27FN6O6/c1-2-19(33)36-20-17(10-32)37-24(11-26,21(20)34)18-8-7-16-22(28-12-29-31(16)18)30-23(35)15(27)9-13-3-5-14(25)6-4-13/h3-8,12,15,17,19-21,32-34H,2,9-10,27H2,1H3,(H,28,29,30,35)/t15-,17+,19?,20+,21+,24-/m0/s1. The highest BCUT2D eigenvalue weighted by molar-refractivity contribution is 5.97. The molecular formula is C24H27FN6O6. The summed E-state index contributed by atoms with van der Waals surface area (Å²) in [7, 11) is 0. The number of nitrogens with zero attached hydrogens (tertiary/aromatic N) is 4. The molecule has 1 aliphatic heterocycles. The van der Waals surface area contributed by atoms with E-state index in [2.05, 4.69) is 15.4 Å². The fraction of sp³-hybridized carbons (Fsp3) is 0.417. The largest absolute Gasteiger partial charge is 0.394 e. The van der Waals surface area contributed by atoms with Gasteiger partial charge in [-0.1, -0.05) is 19.1 Å². The zero-order valence-corrected chi connectivity index (χ0v) is 19.9. The minimum atomic E-state index is -2.01. The Balaban J connectivity index is 1.61. The zero-order chi connectivity index (χ0) is 26.7. The van der Waals surface area contributed by atoms with Gasteiger partial charge in [-0.2, -0.15) is 10.4 Å². The minimum Gasteiger partial charge on any atom is -0.394 e. The summed E-state index contributed by atoms with van der Waals surface area (Å²) >= 11 is 0. The number of carbonyl (C=O) groups is 1. The molecule has 37 heavy (non-hydrogen) atoms. The monoisotopic (exact) mass is 514 g/mol. The first-order valence-electron chi connectivity index (χ1n) is 11.6. The number of fused-ring (bicyclic) bond motifs is 1. The molecule has 1 unspecified atom stereocenters. The number of hydrogen-bond donors (Lipinski definition) is 5. The summed E-state index contributed by atoms with van der Waals surface area (Å²) in [6.07, 6.45) is -3.62. The summed E-state index contributed by atoms with van der Waals surface area (Å²) in [6.45, 7) is 1.09. The van der Waals surface area contributed by atoms with Crippen LogP contribution in [0.1, 0.15) is 24.6 Å². The van der Waals surface area contributed by atoms with Gasteiger partial charge < -0.3 is 35.8 Å². The van der Waals surface area contributed by atoms with Crippen molar-refractivity contribution in [1.82, 2.24) is 14.6 Å². The number of halogens is 1. The highest BCUT2D eigenvalue weighted by Gasteiger charge is 2.58. The van der Waals surface area contributed by atoms with E-state index in [1.54, 1.807) is 6.92 Å². The maximum absolute atomic E-state index is 13.1. The molecule has 1 amide bonds. The van der Waals surface area contributed by atoms with Crippen LogP contribution in [0, 0.1) is 17.1 Å². The van der Waals surface area contributed by atoms with Gasteiger partial charge in [0.2, 0.25) is 11.5 Å². The van der Waals surface area contributed by atoms with Crippen LogP contribution >= 0.6 is 0 Å². The lowest BCUT2D eigenvalue weighted by molar-refractivity contribution is -0.171. The van der Waals surface area contributed by atoms with Crippen molar-refractivity contribution in [1.29, 1.82) is 5.26 Å². The zero-order valence-electron chi connectivity index (χ0n) is 19.9. The van der Waals surface area contributed by atoms with Crippen molar-refractivity contribution >= 4 is 17.2 Å². The fourth-order valence-corrected chi connectivity index (χ4v) is 4.24. The normalized spacial score (nSPS) is 25.1. The second-order valence-electron chi connectivity index (χ2n) is 8.65. The van der Waals surface area contributed by atoms with Crippen LogP contribution < -0.4 is 11.1 Å². The quantitative estimate of drug-likeness (QED) is 0.242. The van der Waals surface area contributed by atoms with Crippen molar-refractivity contribution < 1.29 is 34.0 Å². The van der Waals surface area contributed by atoms with Crippen molar-refractivity contribution in [2.24, 2.45) is 5.73 Å². The second-order valence-corrected chi connectivity index (χ2v) is 8.65. The van der Waals surface area contributed by atoms with Gasteiger partial charge >= 0.3 is 0 Å². The van der Waals surface area contributed by atoms with E-state index in [0.717, 1.165) is 6.33 Å². The summed E-state index contributed by atoms with van der Waals surface area (Å²) in [5, 5.41) is 47.6. The van der Waals surface area contributed by atoms with Crippen molar-refractivity contribution in [3.8, 4) is 6.07 Å². The lowest BCUT2D eigenvalue weighted by Gasteiger charge is -2.25. The maximum Gasteiger partial charge on any atom is 0.242 e. The number of aromatic nitrogens is 3. The average molecular weight is 515 g/mol. The van der Waals surface area contributed by atoms with Gasteiger partial charge in [-0.25, -0.2) is 13.9 Å². The van der Waals surface area contributed by atoms with Crippen molar-refractivity contribution in [3.63, 3.8) is 0 Å². The third kappa shape index (κ3) is 5.03. The number of nitriles is 1. The molecule has 1 aromatic carbocycles. The maximum atomic E-state index is 13.1. The van der Waals surface area contributed by atoms with Gasteiger partial charge in [0.05, 0.1) is 18.3 Å². The molecule has 0 aliphatic carbocycles. The van der Waals surface area contributed by atoms with Gasteiger partial charge in [-0.3, -0.25) is 4.79 Å². The van der Waals surface area contributed by atoms with Crippen molar-refractivity contribution in [3.05, 3.63) is 59.8 Å². The predicted molar refractivity (Wildman–Crippen MR) is 126 cm³/mol. The SMILES string of the molecule is CCC(O)O[C@H]1[C@@H](O)[C@](C#N)(c2ccc3c(NC(=O)[C@@H](N)Cc4ccc(F)cc4)ncnn23)O[C@@H]1CO. The minimum absolute atomic E-state index is 0.0919. The van der Waals surface area contributed by atoms with E-state index in [9.17, 15) is 29.8 Å². The number of amides is 1. The lowest BCUT2D eigenvalue weighted by Crippen LogP contribution is -2.43. The molecule has 196 valence electrons. The topological polar surface area (TPSA) is 188 Å². The Morgan fingerprint density at radius 1 is 1.38 bits per heavy atom. The third-order valence-electron chi connectivity index (χ3n) is 6.22. The first kappa shape index (κ1) is 26.6. The van der Waals surface area contributed by atoms with Gasteiger partial charge in [-0.05, 0) is 42.7 Å². The summed E-state index contributed by atoms with van der Waals surface area (Å²) < 4.78 is 25.6. The van der Waals surface area contributed by atoms with Crippen LogP contribution in [-0.2, 0) is 26.3 Å². The van der Waals surface area contributed by atoms with Crippen LogP contribution in [-0.4, -0.2) is 73.1 Å². The van der Waals surface area contributed by atoms with Gasteiger partial charge in [0, 0.05) is 0 Å². The molecule has 1 saturated heterocycles. The third-order valence-corrected chi connectivity index (χ3v) is 6.22. The lowest BCUT2D eigenvalue weighted by atomic mass is 9.92. The van der Waals surface area contributed by atoms with Crippen LogP contribution in [0.5, 0.6) is 0 Å². The average Bonchev–Trinajstić information content (AvgIpc) is 3.45. The van der Waals surface area contributed by atoms with E-state index in [4.69, 9.17) is 15.2 Å². The van der Waals surface area contributed by atoms with E-state index in [0.29, 0.717) is 5.56 Å². The Morgan fingerprint density at radius 3 is 2.76 bits per heavy atom. The molecule has 0 saturated carbocycles. The molecule has 13 heteroatoms. The smallest absolute Gasteiger partial charge is 0.242 e. The molecule has 0 radical (unpaired) electrons. The Bertz CT molecular complexity index is 1300. The number of nitrogens with two attached hydrogens (primary N) is 1. The Labute approximate surface area is 211 Å². The fourth-order valence-electron chi connectivity index (χ4n) is 4.24. The number of benzene rings is 1. The highest BCUT2D eigenvalue weighted by atomic mass is 19.1. The molecule has 0 spiro atoms. The number of aliphatic hydroxyl groups excluding tert-OH is 3. The predicted octanol–water partition coefficient (Wildman–Crippen LogP) is -0.0386. The number of ether oxygens (including phenoxy) is 2. The molecule has 2 aromatic heterocycles. The molecule has 1 aliphatic rings. The van der Waals surface area contributed by atoms with E-state index in [1.807, 2.05) is 6.07 Å². The van der Waals surface area contributed by atoms with Gasteiger partial charge in [0.25, 0.3) is 0 Å². The number of carbonyl (C=O) groups excluding carboxylic acids is 1. The summed E-state index contributed by atoms with van der Waals surface area (Å²) in [5.74, 6) is -0.859. The van der Waals surface area contributed by atoms with Crippen molar-refractivity contribution in [2.75, 3.05) is 11.9 Å². The number of aliphatic hydroxyl groups is 3. The molecular weight excluding hydrogens is 487 g/mol. The number of anilines is 1. The summed E-state index contributed by atoms with van der Waals surface area (Å²) in [6, 6.07) is 9.61. The Morgan fingerprint density at radius 2 is 2.11 bits per heavy atom. The van der Waals surface area contributed by atoms with Crippen LogP contribution in [0.25, 0.3) is 5.52 Å². The molecule has 6 atom stereocenters. The van der Waals surface area contributed by atoms with E-state index < -0.39 is 54.6 Å². The van der Waals surface area contributed by atoms with Crippen LogP contribution in [0.15, 0.2) is 42.7 Å². The Hall–Kier alpha value is -3.51. The summed E-state index contributed by atoms with van der Waals surface area (Å²) in [4.78, 5) is 16.9. The molecule has 1 fully saturated rings. The van der Waals surface area contributed by atoms with E-state index in [1.165, 1.54) is 40.9 Å². The molecule has 12 nitrogen and oxygen atoms in total. The summed E-state index contributed by atoms with van der Waals surface area (Å²) in [5.41, 5.74) is 5.08. The molecule has 0 bridgehead atoms. The van der Waals surface area contributed by atoms with Crippen LogP contribution in [0.4, 0.5) is 10.2 Å². The number of nitrogens with one attached hydrogen (secondary N) is 1. The number of hydrogen-bond acceptors (Lipinski definition) is 10. The first-order valence-corrected chi connectivity index (χ1v) is 11.6. The molecule has 6 N–H and O–H groups in total. The molecule has 4 rings (SSSR count). The second kappa shape index (κ2) is 10.9. The molecule has 3 heterocycles. The van der Waals surface area contributed by atoms with Gasteiger partial charge in [-0.15, -0.1) is 0 Å². The van der Waals surface area contributed by atoms with Gasteiger partial charge in [0.1, 0.15) is 42.0 Å². The van der Waals surface area contributed by atoms with Gasteiger partial charge in [0.15, 0.2) is 12.1 Å². The highest BCUT2D eigenvalue weighted by Crippen LogP contribution is 2.42. The first-order chi connectivity index (χ1) is 17.7. The van der Waals surface area contributed by atoms with Crippen molar-refractivity contribution in [2.45, 2.75) is 56.0 Å².